The van der Waals surface area contributed by atoms with Gasteiger partial charge < -0.3 is 4.74 Å². The number of hydrogen-bond donors (Lipinski definition) is 0. The van der Waals surface area contributed by atoms with Crippen molar-refractivity contribution in [3.63, 3.8) is 0 Å². The van der Waals surface area contributed by atoms with Crippen molar-refractivity contribution in [3.05, 3.63) is 59.4 Å². The summed E-state index contributed by atoms with van der Waals surface area (Å²) in [4.78, 5) is 12.1. The molecule has 0 bridgehead atoms. The summed E-state index contributed by atoms with van der Waals surface area (Å²) in [6.07, 6.45) is 14.0. The second kappa shape index (κ2) is 9.63. The Morgan fingerprint density at radius 3 is 2.62 bits per heavy atom. The van der Waals surface area contributed by atoms with Gasteiger partial charge in [0, 0.05) is 11.8 Å². The zero-order chi connectivity index (χ0) is 27.6. The lowest BCUT2D eigenvalue weighted by Gasteiger charge is -2.60. The van der Waals surface area contributed by atoms with E-state index >= 15 is 0 Å². The molecule has 6 rings (SSSR count). The third kappa shape index (κ3) is 4.06. The quantitative estimate of drug-likeness (QED) is 0.281. The van der Waals surface area contributed by atoms with E-state index in [4.69, 9.17) is 9.84 Å². The summed E-state index contributed by atoms with van der Waals surface area (Å²) in [6, 6.07) is 10.7. The van der Waals surface area contributed by atoms with Crippen LogP contribution < -0.4 is 0 Å². The fourth-order valence-electron chi connectivity index (χ4n) is 10.5. The number of para-hydroxylation sites is 1. The predicted octanol–water partition coefficient (Wildman–Crippen LogP) is 8.08. The molecule has 0 saturated heterocycles. The molecule has 7 atom stereocenters. The highest BCUT2D eigenvalue weighted by atomic mass is 16.5. The van der Waals surface area contributed by atoms with Gasteiger partial charge in [-0.25, -0.2) is 4.68 Å². The van der Waals surface area contributed by atoms with Gasteiger partial charge in [-0.05, 0) is 110 Å². The Kier molecular flexibility index (Phi) is 6.63. The number of hydrogen-bond acceptors (Lipinski definition) is 3. The molecule has 0 unspecified atom stereocenters. The first-order chi connectivity index (χ1) is 18.6. The summed E-state index contributed by atoms with van der Waals surface area (Å²) in [7, 11) is 0. The smallest absolute Gasteiger partial charge is 0.305 e. The van der Waals surface area contributed by atoms with Crippen LogP contribution >= 0.6 is 0 Å². The molecule has 4 aliphatic carbocycles. The molecule has 2 aromatic rings. The van der Waals surface area contributed by atoms with Crippen LogP contribution in [0.4, 0.5) is 0 Å². The van der Waals surface area contributed by atoms with Crippen LogP contribution in [0.2, 0.25) is 0 Å². The van der Waals surface area contributed by atoms with Gasteiger partial charge in [0.1, 0.15) is 0 Å². The number of rotatable bonds is 6. The lowest BCUT2D eigenvalue weighted by atomic mass is 9.44. The van der Waals surface area contributed by atoms with Crippen LogP contribution in [0.15, 0.2) is 48.2 Å². The first-order valence-electron chi connectivity index (χ1n) is 15.6. The predicted molar refractivity (Wildman–Crippen MR) is 157 cm³/mol. The Bertz CT molecular complexity index is 1260. The van der Waals surface area contributed by atoms with E-state index in [0.717, 1.165) is 42.2 Å². The van der Waals surface area contributed by atoms with Crippen LogP contribution in [0, 0.1) is 40.4 Å². The zero-order valence-electron chi connectivity index (χ0n) is 25.0. The van der Waals surface area contributed by atoms with Crippen LogP contribution in [0.1, 0.15) is 97.7 Å². The number of aromatic nitrogens is 2. The van der Waals surface area contributed by atoms with Crippen LogP contribution in [-0.2, 0) is 21.4 Å². The number of carbonyl (C=O) groups excluding carboxylic acids is 1. The van der Waals surface area contributed by atoms with E-state index < -0.39 is 0 Å². The number of ether oxygens (including phenoxy) is 1. The third-order valence-corrected chi connectivity index (χ3v) is 12.0. The minimum atomic E-state index is -0.0415. The highest BCUT2D eigenvalue weighted by Crippen LogP contribution is 2.68. The summed E-state index contributed by atoms with van der Waals surface area (Å²) in [5, 5.41) is 4.95. The molecule has 0 radical (unpaired) electrons. The number of allylic oxidation sites excluding steroid dienone is 2. The average molecular weight is 529 g/mol. The van der Waals surface area contributed by atoms with Gasteiger partial charge in [-0.15, -0.1) is 0 Å². The Morgan fingerprint density at radius 1 is 1.10 bits per heavy atom. The first-order valence-corrected chi connectivity index (χ1v) is 15.6. The molecule has 210 valence electrons. The Morgan fingerprint density at radius 2 is 1.87 bits per heavy atom. The lowest BCUT2D eigenvalue weighted by Crippen LogP contribution is -2.54. The number of fused-ring (bicyclic) bond motifs is 6. The Balaban J connectivity index is 1.27. The summed E-state index contributed by atoms with van der Waals surface area (Å²) >= 11 is 0. The van der Waals surface area contributed by atoms with Gasteiger partial charge in [0.25, 0.3) is 0 Å². The fraction of sp³-hybridized carbons (Fsp3) is 0.657. The van der Waals surface area contributed by atoms with Crippen LogP contribution in [0.3, 0.4) is 0 Å². The summed E-state index contributed by atoms with van der Waals surface area (Å²) < 4.78 is 7.44. The average Bonchev–Trinajstić information content (AvgIpc) is 3.49. The minimum absolute atomic E-state index is 0.0273. The lowest BCUT2D eigenvalue weighted by molar-refractivity contribution is -0.143. The van der Waals surface area contributed by atoms with Crippen molar-refractivity contribution < 1.29 is 9.53 Å². The largest absolute Gasteiger partial charge is 0.466 e. The molecule has 2 saturated carbocycles. The second-order valence-electron chi connectivity index (χ2n) is 14.3. The van der Waals surface area contributed by atoms with Gasteiger partial charge in [-0.2, -0.15) is 5.10 Å². The Labute approximate surface area is 235 Å². The molecule has 39 heavy (non-hydrogen) atoms. The van der Waals surface area contributed by atoms with Crippen molar-refractivity contribution in [2.75, 3.05) is 6.61 Å². The fourth-order valence-corrected chi connectivity index (χ4v) is 10.5. The summed E-state index contributed by atoms with van der Waals surface area (Å²) in [5.41, 5.74) is 6.18. The minimum Gasteiger partial charge on any atom is -0.466 e. The van der Waals surface area contributed by atoms with Gasteiger partial charge in [-0.1, -0.05) is 64.5 Å². The van der Waals surface area contributed by atoms with Gasteiger partial charge in [-0.3, -0.25) is 4.79 Å². The van der Waals surface area contributed by atoms with E-state index in [1.54, 1.807) is 5.57 Å². The van der Waals surface area contributed by atoms with Crippen molar-refractivity contribution in [2.45, 2.75) is 98.3 Å². The monoisotopic (exact) mass is 528 g/mol. The number of benzene rings is 1. The standard InChI is InChI=1S/C35H48N2O2/c1-7-39-31(38)18-13-23(2)27-15-16-28-26-14-17-30-33(3,4)32-24(22-36-37(32)25-11-9-8-10-12-25)21-35(30,6)29(26)19-20-34(27,28)5/h8-12,17,22-23,26-29H,7,13-16,18-21H2,1-6H3/t23-,26+,27-,28+,29+,34-,35-/m1/s1. The maximum atomic E-state index is 12.1. The van der Waals surface area contributed by atoms with E-state index in [1.165, 1.54) is 43.4 Å². The third-order valence-electron chi connectivity index (χ3n) is 12.0. The van der Waals surface area contributed by atoms with E-state index in [1.807, 2.05) is 6.92 Å². The Hall–Kier alpha value is -2.36. The molecule has 1 aromatic carbocycles. The SMILES string of the molecule is CCOC(=O)CC[C@@H](C)[C@H]1CC[C@H]2[C@@H]3CC=C4C(C)(C)c5c(cnn5-c5ccccc5)C[C@]4(C)[C@H]3CC[C@]12C. The van der Waals surface area contributed by atoms with Crippen LogP contribution in [-0.4, -0.2) is 22.4 Å². The molecule has 0 spiro atoms. The molecule has 4 heteroatoms. The maximum Gasteiger partial charge on any atom is 0.305 e. The van der Waals surface area contributed by atoms with Crippen molar-refractivity contribution in [3.8, 4) is 5.69 Å². The first kappa shape index (κ1) is 26.8. The topological polar surface area (TPSA) is 44.1 Å². The molecule has 2 fully saturated rings. The van der Waals surface area contributed by atoms with Gasteiger partial charge in [0.15, 0.2) is 0 Å². The van der Waals surface area contributed by atoms with E-state index in [9.17, 15) is 4.79 Å². The summed E-state index contributed by atoms with van der Waals surface area (Å²) in [5.74, 6) is 3.55. The van der Waals surface area contributed by atoms with Crippen molar-refractivity contribution in [2.24, 2.45) is 40.4 Å². The molecule has 0 aliphatic heterocycles. The highest BCUT2D eigenvalue weighted by Gasteiger charge is 2.61. The van der Waals surface area contributed by atoms with Crippen LogP contribution in [0.5, 0.6) is 0 Å². The second-order valence-corrected chi connectivity index (χ2v) is 14.3. The van der Waals surface area contributed by atoms with Crippen molar-refractivity contribution in [1.82, 2.24) is 9.78 Å². The zero-order valence-corrected chi connectivity index (χ0v) is 25.0. The van der Waals surface area contributed by atoms with Crippen LogP contribution in [0.25, 0.3) is 5.69 Å². The summed E-state index contributed by atoms with van der Waals surface area (Å²) in [6.45, 7) is 14.9. The number of carbonyl (C=O) groups is 1. The van der Waals surface area contributed by atoms with E-state index in [2.05, 4.69) is 81.9 Å². The van der Waals surface area contributed by atoms with E-state index in [0.29, 0.717) is 24.4 Å². The molecule has 4 nitrogen and oxygen atoms in total. The molecule has 1 heterocycles. The molecular weight excluding hydrogens is 480 g/mol. The molecule has 0 N–H and O–H groups in total. The van der Waals surface area contributed by atoms with Gasteiger partial charge in [0.05, 0.1) is 24.2 Å². The van der Waals surface area contributed by atoms with Gasteiger partial charge in [0.2, 0.25) is 0 Å². The van der Waals surface area contributed by atoms with E-state index in [-0.39, 0.29) is 16.8 Å². The number of esters is 1. The van der Waals surface area contributed by atoms with Crippen molar-refractivity contribution >= 4 is 5.97 Å². The van der Waals surface area contributed by atoms with Gasteiger partial charge >= 0.3 is 5.97 Å². The highest BCUT2D eigenvalue weighted by molar-refractivity contribution is 5.69. The maximum absolute atomic E-state index is 12.1. The molecular formula is C35H48N2O2. The molecule has 1 aromatic heterocycles. The normalized spacial score (nSPS) is 35.2. The molecule has 4 aliphatic rings. The molecule has 0 amide bonds. The number of nitrogens with zero attached hydrogens (tertiary/aromatic N) is 2. The van der Waals surface area contributed by atoms with Crippen molar-refractivity contribution in [1.29, 1.82) is 0 Å².